The highest BCUT2D eigenvalue weighted by atomic mass is 35.5. The molecule has 2 aliphatic heterocycles. The Morgan fingerprint density at radius 1 is 0.621 bits per heavy atom. The molecule has 2 fully saturated rings. The predicted molar refractivity (Wildman–Crippen MR) is 117 cm³/mol. The number of rotatable bonds is 4. The number of halogens is 1. The first-order chi connectivity index (χ1) is 14.2. The topological polar surface area (TPSA) is 48.1 Å². The van der Waals surface area contributed by atoms with Gasteiger partial charge in [-0.3, -0.25) is 10.9 Å². The van der Waals surface area contributed by atoms with Crippen LogP contribution in [0.25, 0.3) is 0 Å². The second-order valence-electron chi connectivity index (χ2n) is 7.84. The van der Waals surface area contributed by atoms with E-state index >= 15 is 0 Å². The Labute approximate surface area is 176 Å². The van der Waals surface area contributed by atoms with E-state index in [9.17, 15) is 0 Å². The van der Waals surface area contributed by atoms with Crippen molar-refractivity contribution in [2.24, 2.45) is 0 Å². The van der Waals surface area contributed by atoms with E-state index in [4.69, 9.17) is 11.6 Å². The predicted octanol–water partition coefficient (Wildman–Crippen LogP) is 3.82. The molecule has 0 aliphatic carbocycles. The molecule has 2 atom stereocenters. The summed E-state index contributed by atoms with van der Waals surface area (Å²) in [6, 6.07) is 27.7. The van der Waals surface area contributed by atoms with Crippen molar-refractivity contribution in [3.05, 3.63) is 106 Å². The molecular formula is C24H25ClN4. The zero-order valence-corrected chi connectivity index (χ0v) is 17.0. The van der Waals surface area contributed by atoms with Crippen molar-refractivity contribution in [2.45, 2.75) is 23.9 Å². The molecule has 3 aromatic rings. The number of hydrogen-bond acceptors (Lipinski definition) is 4. The third kappa shape index (κ3) is 3.08. The van der Waals surface area contributed by atoms with Gasteiger partial charge in [-0.15, -0.1) is 0 Å². The molecule has 4 N–H and O–H groups in total. The molecule has 0 spiro atoms. The first-order valence-electron chi connectivity index (χ1n) is 10.2. The maximum absolute atomic E-state index is 6.56. The monoisotopic (exact) mass is 404 g/mol. The zero-order valence-electron chi connectivity index (χ0n) is 16.2. The molecule has 5 rings (SSSR count). The van der Waals surface area contributed by atoms with Crippen LogP contribution in [0.15, 0.2) is 78.9 Å². The van der Waals surface area contributed by atoms with E-state index < -0.39 is 0 Å². The molecule has 0 aromatic heterocycles. The van der Waals surface area contributed by atoms with Crippen LogP contribution < -0.4 is 21.7 Å². The Bertz CT molecular complexity index is 978. The molecule has 2 heterocycles. The van der Waals surface area contributed by atoms with E-state index in [0.717, 1.165) is 31.0 Å². The van der Waals surface area contributed by atoms with Gasteiger partial charge in [-0.05, 0) is 47.2 Å². The minimum atomic E-state index is -0.340. The van der Waals surface area contributed by atoms with Crippen molar-refractivity contribution in [3.63, 3.8) is 0 Å². The molecule has 148 valence electrons. The molecule has 2 aliphatic rings. The maximum Gasteiger partial charge on any atom is 0.0837 e. The van der Waals surface area contributed by atoms with E-state index in [1.165, 1.54) is 22.3 Å². The minimum absolute atomic E-state index is 0.312. The minimum Gasteiger partial charge on any atom is -0.257 e. The second kappa shape index (κ2) is 7.56. The Balaban J connectivity index is 1.76. The van der Waals surface area contributed by atoms with Crippen molar-refractivity contribution in [1.82, 2.24) is 21.7 Å². The highest BCUT2D eigenvalue weighted by molar-refractivity contribution is 6.30. The molecule has 3 aromatic carbocycles. The molecule has 29 heavy (non-hydrogen) atoms. The van der Waals surface area contributed by atoms with Crippen LogP contribution in [0.4, 0.5) is 0 Å². The zero-order chi connectivity index (χ0) is 19.7. The fraction of sp³-hybridized carbons (Fsp3) is 0.250. The largest absolute Gasteiger partial charge is 0.257 e. The lowest BCUT2D eigenvalue weighted by molar-refractivity contribution is 0.401. The summed E-state index contributed by atoms with van der Waals surface area (Å²) in [4.78, 5) is 0. The summed E-state index contributed by atoms with van der Waals surface area (Å²) in [7, 11) is 0. The van der Waals surface area contributed by atoms with Crippen LogP contribution in [0.1, 0.15) is 35.1 Å². The van der Waals surface area contributed by atoms with Gasteiger partial charge in [0, 0.05) is 18.1 Å². The molecule has 2 saturated heterocycles. The molecule has 0 radical (unpaired) electrons. The summed E-state index contributed by atoms with van der Waals surface area (Å²) in [5.41, 5.74) is 18.3. The summed E-state index contributed by atoms with van der Waals surface area (Å²) >= 11 is 6.56. The van der Waals surface area contributed by atoms with Crippen molar-refractivity contribution >= 4 is 11.6 Å². The fourth-order valence-electron chi connectivity index (χ4n) is 4.89. The van der Waals surface area contributed by atoms with Crippen LogP contribution in [0.2, 0.25) is 5.02 Å². The van der Waals surface area contributed by atoms with Crippen LogP contribution in [0.5, 0.6) is 0 Å². The van der Waals surface area contributed by atoms with Crippen molar-refractivity contribution < 1.29 is 0 Å². The van der Waals surface area contributed by atoms with Crippen LogP contribution in [0.3, 0.4) is 0 Å². The van der Waals surface area contributed by atoms with Gasteiger partial charge in [-0.2, -0.15) is 0 Å². The Morgan fingerprint density at radius 3 is 1.62 bits per heavy atom. The molecule has 0 saturated carbocycles. The van der Waals surface area contributed by atoms with Gasteiger partial charge in [0.15, 0.2) is 0 Å². The molecule has 2 unspecified atom stereocenters. The van der Waals surface area contributed by atoms with Gasteiger partial charge in [0.05, 0.1) is 11.1 Å². The van der Waals surface area contributed by atoms with Crippen LogP contribution in [-0.4, -0.2) is 13.1 Å². The van der Waals surface area contributed by atoms with Crippen LogP contribution in [-0.2, 0) is 11.1 Å². The van der Waals surface area contributed by atoms with Gasteiger partial charge in [0.25, 0.3) is 0 Å². The number of hydrazine groups is 2. The van der Waals surface area contributed by atoms with E-state index in [1.807, 2.05) is 6.07 Å². The highest BCUT2D eigenvalue weighted by Gasteiger charge is 2.45. The maximum atomic E-state index is 6.56. The summed E-state index contributed by atoms with van der Waals surface area (Å²) in [6.45, 7) is 1.80. The van der Waals surface area contributed by atoms with E-state index in [1.54, 1.807) is 0 Å². The third-order valence-corrected chi connectivity index (χ3v) is 6.52. The number of benzene rings is 3. The van der Waals surface area contributed by atoms with E-state index in [2.05, 4.69) is 94.5 Å². The average molecular weight is 405 g/mol. The van der Waals surface area contributed by atoms with Crippen molar-refractivity contribution in [1.29, 1.82) is 0 Å². The Hall–Kier alpha value is -2.21. The summed E-state index contributed by atoms with van der Waals surface area (Å²) < 4.78 is 0. The van der Waals surface area contributed by atoms with Gasteiger partial charge in [0.1, 0.15) is 0 Å². The van der Waals surface area contributed by atoms with Gasteiger partial charge in [-0.1, -0.05) is 78.3 Å². The standard InChI is InChI=1S/C24H25ClN4/c25-20-11-12-21(23(13-15-26-28-23)18-7-3-1-4-8-18)22(17-20)24(14-16-27-29-24)19-9-5-2-6-10-19/h1-12,17,26-29H,13-16H2. The Morgan fingerprint density at radius 2 is 1.14 bits per heavy atom. The molecular weight excluding hydrogens is 380 g/mol. The third-order valence-electron chi connectivity index (χ3n) is 6.29. The smallest absolute Gasteiger partial charge is 0.0837 e. The van der Waals surface area contributed by atoms with Gasteiger partial charge >= 0.3 is 0 Å². The lowest BCUT2D eigenvalue weighted by Gasteiger charge is -2.38. The molecule has 4 nitrogen and oxygen atoms in total. The van der Waals surface area contributed by atoms with Gasteiger partial charge in [-0.25, -0.2) is 10.9 Å². The van der Waals surface area contributed by atoms with E-state index in [0.29, 0.717) is 0 Å². The average Bonchev–Trinajstić information content (AvgIpc) is 3.46. The SMILES string of the molecule is Clc1ccc(C2(c3ccccc3)CCNN2)c(C2(c3ccccc3)CCNN2)c1. The first kappa shape index (κ1) is 18.8. The number of nitrogens with one attached hydrogen (secondary N) is 4. The Kier molecular flexibility index (Phi) is 4.90. The van der Waals surface area contributed by atoms with Crippen LogP contribution in [0, 0.1) is 0 Å². The van der Waals surface area contributed by atoms with Crippen molar-refractivity contribution in [2.75, 3.05) is 13.1 Å². The lowest BCUT2D eigenvalue weighted by Crippen LogP contribution is -2.48. The molecule has 0 bridgehead atoms. The second-order valence-corrected chi connectivity index (χ2v) is 8.27. The van der Waals surface area contributed by atoms with Crippen molar-refractivity contribution in [3.8, 4) is 0 Å². The van der Waals surface area contributed by atoms with Gasteiger partial charge < -0.3 is 0 Å². The lowest BCUT2D eigenvalue weighted by atomic mass is 9.72. The summed E-state index contributed by atoms with van der Waals surface area (Å²) in [6.07, 6.45) is 1.91. The van der Waals surface area contributed by atoms with E-state index in [-0.39, 0.29) is 11.1 Å². The fourth-order valence-corrected chi connectivity index (χ4v) is 5.06. The highest BCUT2D eigenvalue weighted by Crippen LogP contribution is 2.44. The normalized spacial score (nSPS) is 26.7. The number of hydrogen-bond donors (Lipinski definition) is 4. The summed E-state index contributed by atoms with van der Waals surface area (Å²) in [5, 5.41) is 0.752. The molecule has 0 amide bonds. The first-order valence-corrected chi connectivity index (χ1v) is 10.5. The summed E-state index contributed by atoms with van der Waals surface area (Å²) in [5.74, 6) is 0. The van der Waals surface area contributed by atoms with Crippen LogP contribution >= 0.6 is 11.6 Å². The van der Waals surface area contributed by atoms with Gasteiger partial charge in [0.2, 0.25) is 0 Å². The quantitative estimate of drug-likeness (QED) is 0.534. The molecule has 5 heteroatoms.